The highest BCUT2D eigenvalue weighted by atomic mass is 32.2. The molecule has 8 nitrogen and oxygen atoms in total. The van der Waals surface area contributed by atoms with Crippen LogP contribution in [0.25, 0.3) is 0 Å². The maximum absolute atomic E-state index is 12.4. The first-order valence-corrected chi connectivity index (χ1v) is 8.06. The second kappa shape index (κ2) is 5.74. The van der Waals surface area contributed by atoms with Gasteiger partial charge >= 0.3 is 5.97 Å². The van der Waals surface area contributed by atoms with E-state index in [0.717, 1.165) is 0 Å². The summed E-state index contributed by atoms with van der Waals surface area (Å²) in [5.74, 6) is -0.352. The standard InChI is InChI=1S/C12H20N4O4S/c1-7-11(8(2)14-13-7)21(18,19)15-9-5-10(12(17)20-4)16(3)6-9/h9-10,15H,5-6H2,1-4H3,(H,13,14)/t9-,10-/m0/s1. The molecule has 9 heteroatoms. The second-order valence-corrected chi connectivity index (χ2v) is 6.95. The first kappa shape index (κ1) is 15.9. The molecule has 1 saturated heterocycles. The van der Waals surface area contributed by atoms with Crippen LogP contribution in [0.5, 0.6) is 0 Å². The summed E-state index contributed by atoms with van der Waals surface area (Å²) in [5, 5.41) is 6.56. The van der Waals surface area contributed by atoms with Gasteiger partial charge in [0.15, 0.2) is 0 Å². The molecule has 1 aliphatic rings. The Hall–Kier alpha value is -1.45. The molecule has 0 unspecified atom stereocenters. The number of hydrogen-bond donors (Lipinski definition) is 2. The average Bonchev–Trinajstić information content (AvgIpc) is 2.91. The fraction of sp³-hybridized carbons (Fsp3) is 0.667. The molecule has 0 spiro atoms. The number of esters is 1. The first-order chi connectivity index (χ1) is 9.76. The number of nitrogens with one attached hydrogen (secondary N) is 2. The zero-order valence-corrected chi connectivity index (χ0v) is 13.3. The number of carbonyl (C=O) groups is 1. The fourth-order valence-electron chi connectivity index (χ4n) is 2.71. The number of H-pyrrole nitrogens is 1. The van der Waals surface area contributed by atoms with Gasteiger partial charge in [-0.15, -0.1) is 0 Å². The zero-order valence-electron chi connectivity index (χ0n) is 12.5. The van der Waals surface area contributed by atoms with Crippen molar-refractivity contribution < 1.29 is 17.9 Å². The van der Waals surface area contributed by atoms with Gasteiger partial charge in [-0.2, -0.15) is 5.10 Å². The van der Waals surface area contributed by atoms with E-state index in [1.165, 1.54) is 7.11 Å². The topological polar surface area (TPSA) is 104 Å². The summed E-state index contributed by atoms with van der Waals surface area (Å²) in [6.07, 6.45) is 0.387. The number of rotatable bonds is 4. The van der Waals surface area contributed by atoms with Gasteiger partial charge in [0.05, 0.1) is 18.5 Å². The van der Waals surface area contributed by atoms with Gasteiger partial charge in [-0.05, 0) is 27.3 Å². The summed E-state index contributed by atoms with van der Waals surface area (Å²) < 4.78 is 32.2. The number of methoxy groups -OCH3 is 1. The molecule has 0 bridgehead atoms. The van der Waals surface area contributed by atoms with Crippen molar-refractivity contribution >= 4 is 16.0 Å². The maximum Gasteiger partial charge on any atom is 0.323 e. The molecule has 2 atom stereocenters. The van der Waals surface area contributed by atoms with Gasteiger partial charge in [0.2, 0.25) is 10.0 Å². The molecule has 0 radical (unpaired) electrons. The number of likely N-dealkylation sites (tertiary alicyclic amines) is 1. The van der Waals surface area contributed by atoms with Crippen LogP contribution in [0.1, 0.15) is 17.8 Å². The van der Waals surface area contributed by atoms with Gasteiger partial charge in [-0.3, -0.25) is 14.8 Å². The number of sulfonamides is 1. The van der Waals surface area contributed by atoms with Gasteiger partial charge in [0.1, 0.15) is 10.9 Å². The Balaban J connectivity index is 2.14. The van der Waals surface area contributed by atoms with Crippen LogP contribution in [-0.2, 0) is 19.6 Å². The lowest BCUT2D eigenvalue weighted by molar-refractivity contribution is -0.145. The van der Waals surface area contributed by atoms with E-state index in [0.29, 0.717) is 24.4 Å². The molecule has 21 heavy (non-hydrogen) atoms. The van der Waals surface area contributed by atoms with E-state index in [9.17, 15) is 13.2 Å². The molecule has 0 saturated carbocycles. The Morgan fingerprint density at radius 2 is 2.14 bits per heavy atom. The summed E-state index contributed by atoms with van der Waals surface area (Å²) >= 11 is 0. The lowest BCUT2D eigenvalue weighted by Crippen LogP contribution is -2.36. The molecule has 2 rings (SSSR count). The minimum Gasteiger partial charge on any atom is -0.468 e. The highest BCUT2D eigenvalue weighted by Crippen LogP contribution is 2.21. The van der Waals surface area contributed by atoms with E-state index in [-0.39, 0.29) is 16.9 Å². The normalized spacial score (nSPS) is 23.4. The number of aromatic nitrogens is 2. The van der Waals surface area contributed by atoms with Gasteiger partial charge in [0.25, 0.3) is 0 Å². The van der Waals surface area contributed by atoms with E-state index in [2.05, 4.69) is 14.9 Å². The molecular weight excluding hydrogens is 296 g/mol. The van der Waals surface area contributed by atoms with Crippen molar-refractivity contribution in [1.82, 2.24) is 19.8 Å². The van der Waals surface area contributed by atoms with E-state index in [1.54, 1.807) is 25.8 Å². The Bertz CT molecular complexity index is 620. The lowest BCUT2D eigenvalue weighted by Gasteiger charge is -2.15. The van der Waals surface area contributed by atoms with Crippen LogP contribution in [0.2, 0.25) is 0 Å². The van der Waals surface area contributed by atoms with E-state index < -0.39 is 16.1 Å². The molecule has 1 aromatic rings. The van der Waals surface area contributed by atoms with E-state index in [4.69, 9.17) is 4.74 Å². The van der Waals surface area contributed by atoms with E-state index in [1.807, 2.05) is 0 Å². The quantitative estimate of drug-likeness (QED) is 0.729. The molecule has 1 fully saturated rings. The predicted molar refractivity (Wildman–Crippen MR) is 75.2 cm³/mol. The Morgan fingerprint density at radius 1 is 1.48 bits per heavy atom. The highest BCUT2D eigenvalue weighted by molar-refractivity contribution is 7.89. The molecule has 0 aliphatic carbocycles. The minimum absolute atomic E-state index is 0.173. The molecule has 2 heterocycles. The van der Waals surface area contributed by atoms with Crippen LogP contribution in [0.3, 0.4) is 0 Å². The lowest BCUT2D eigenvalue weighted by atomic mass is 10.2. The SMILES string of the molecule is COC(=O)[C@@H]1C[C@H](NS(=O)(=O)c2c(C)n[nH]c2C)CN1C. The van der Waals surface area contributed by atoms with Gasteiger partial charge in [-0.1, -0.05) is 0 Å². The molecule has 0 amide bonds. The van der Waals surface area contributed by atoms with Crippen LogP contribution in [0, 0.1) is 13.8 Å². The molecule has 1 aliphatic heterocycles. The van der Waals surface area contributed by atoms with Crippen LogP contribution < -0.4 is 4.72 Å². The Labute approximate surface area is 123 Å². The van der Waals surface area contributed by atoms with Crippen LogP contribution in [0.15, 0.2) is 4.90 Å². The third-order valence-corrected chi connectivity index (χ3v) is 5.46. The number of aromatic amines is 1. The summed E-state index contributed by atoms with van der Waals surface area (Å²) in [6.45, 7) is 3.75. The van der Waals surface area contributed by atoms with Crippen molar-refractivity contribution in [2.75, 3.05) is 20.7 Å². The minimum atomic E-state index is -3.66. The maximum atomic E-state index is 12.4. The summed E-state index contributed by atoms with van der Waals surface area (Å²) in [7, 11) is -0.570. The van der Waals surface area contributed by atoms with Crippen molar-refractivity contribution in [2.45, 2.75) is 37.2 Å². The van der Waals surface area contributed by atoms with Gasteiger partial charge in [0, 0.05) is 12.6 Å². The summed E-state index contributed by atoms with van der Waals surface area (Å²) in [4.78, 5) is 13.6. The van der Waals surface area contributed by atoms with Crippen molar-refractivity contribution in [2.24, 2.45) is 0 Å². The van der Waals surface area contributed by atoms with E-state index >= 15 is 0 Å². The summed E-state index contributed by atoms with van der Waals surface area (Å²) in [5.41, 5.74) is 0.923. The number of carbonyl (C=O) groups excluding carboxylic acids is 1. The van der Waals surface area contributed by atoms with Crippen molar-refractivity contribution in [3.63, 3.8) is 0 Å². The van der Waals surface area contributed by atoms with Crippen LogP contribution in [-0.4, -0.2) is 62.3 Å². The third-order valence-electron chi connectivity index (χ3n) is 3.67. The molecule has 1 aromatic heterocycles. The second-order valence-electron chi connectivity index (χ2n) is 5.30. The highest BCUT2D eigenvalue weighted by Gasteiger charge is 2.37. The van der Waals surface area contributed by atoms with Crippen molar-refractivity contribution in [3.05, 3.63) is 11.4 Å². The molecular formula is C12H20N4O4S. The molecule has 118 valence electrons. The average molecular weight is 316 g/mol. The Kier molecular flexibility index (Phi) is 4.35. The number of nitrogens with zero attached hydrogens (tertiary/aromatic N) is 2. The number of ether oxygens (including phenoxy) is 1. The number of aryl methyl sites for hydroxylation is 2. The monoisotopic (exact) mass is 316 g/mol. The van der Waals surface area contributed by atoms with Crippen molar-refractivity contribution in [1.29, 1.82) is 0 Å². The molecule has 2 N–H and O–H groups in total. The predicted octanol–water partition coefficient (Wildman–Crippen LogP) is -0.449. The Morgan fingerprint density at radius 3 is 2.67 bits per heavy atom. The molecule has 0 aromatic carbocycles. The first-order valence-electron chi connectivity index (χ1n) is 6.58. The fourth-order valence-corrected chi connectivity index (χ4v) is 4.32. The van der Waals surface area contributed by atoms with Crippen LogP contribution in [0.4, 0.5) is 0 Å². The number of hydrogen-bond acceptors (Lipinski definition) is 6. The zero-order chi connectivity index (χ0) is 15.8. The third kappa shape index (κ3) is 3.09. The van der Waals surface area contributed by atoms with Crippen molar-refractivity contribution in [3.8, 4) is 0 Å². The largest absolute Gasteiger partial charge is 0.468 e. The van der Waals surface area contributed by atoms with Gasteiger partial charge < -0.3 is 4.74 Å². The number of likely N-dealkylation sites (N-methyl/N-ethyl adjacent to an activating group) is 1. The van der Waals surface area contributed by atoms with Gasteiger partial charge in [-0.25, -0.2) is 13.1 Å². The van der Waals surface area contributed by atoms with Crippen LogP contribution >= 0.6 is 0 Å². The summed E-state index contributed by atoms with van der Waals surface area (Å²) in [6, 6.07) is -0.757. The smallest absolute Gasteiger partial charge is 0.323 e.